The van der Waals surface area contributed by atoms with Gasteiger partial charge >= 0.3 is 0 Å². The van der Waals surface area contributed by atoms with Gasteiger partial charge in [0, 0.05) is 27.3 Å². The van der Waals surface area contributed by atoms with E-state index in [1.54, 1.807) is 0 Å². The van der Waals surface area contributed by atoms with Crippen molar-refractivity contribution in [2.45, 2.75) is 38.5 Å². The van der Waals surface area contributed by atoms with Crippen LogP contribution in [0.1, 0.15) is 49.9 Å². The first-order valence-electron chi connectivity index (χ1n) is 15.5. The molecule has 44 heavy (non-hydrogen) atoms. The summed E-state index contributed by atoms with van der Waals surface area (Å²) < 4.78 is 6.68. The van der Waals surface area contributed by atoms with Crippen LogP contribution in [0.4, 0.5) is 17.1 Å². The Kier molecular flexibility index (Phi) is 5.05. The fraction of sp³-hybridized carbons (Fsp3) is 0.143. The van der Waals surface area contributed by atoms with E-state index in [-0.39, 0.29) is 10.8 Å². The molecule has 0 saturated carbocycles. The van der Waals surface area contributed by atoms with Crippen molar-refractivity contribution in [1.29, 1.82) is 0 Å². The van der Waals surface area contributed by atoms with E-state index in [1.807, 2.05) is 6.07 Å². The fourth-order valence-corrected chi connectivity index (χ4v) is 8.15. The summed E-state index contributed by atoms with van der Waals surface area (Å²) in [7, 11) is 0. The molecule has 1 heterocycles. The summed E-state index contributed by atoms with van der Waals surface area (Å²) in [5.74, 6) is 0. The summed E-state index contributed by atoms with van der Waals surface area (Å²) >= 11 is 0. The normalized spacial score (nSPS) is 15.2. The van der Waals surface area contributed by atoms with Crippen LogP contribution in [-0.4, -0.2) is 0 Å². The van der Waals surface area contributed by atoms with Gasteiger partial charge in [0.05, 0.1) is 11.4 Å². The third kappa shape index (κ3) is 3.26. The van der Waals surface area contributed by atoms with Crippen LogP contribution in [-0.2, 0) is 10.8 Å². The van der Waals surface area contributed by atoms with Crippen molar-refractivity contribution in [3.63, 3.8) is 0 Å². The minimum atomic E-state index is -0.172. The number of rotatable bonds is 3. The highest BCUT2D eigenvalue weighted by Crippen LogP contribution is 2.56. The molecular weight excluding hydrogens is 534 g/mol. The summed E-state index contributed by atoms with van der Waals surface area (Å²) in [4.78, 5) is 2.45. The van der Waals surface area contributed by atoms with E-state index in [0.29, 0.717) is 0 Å². The van der Waals surface area contributed by atoms with Crippen LogP contribution >= 0.6 is 0 Å². The van der Waals surface area contributed by atoms with Crippen LogP contribution in [0.2, 0.25) is 0 Å². The number of fused-ring (bicyclic) bond motifs is 9. The van der Waals surface area contributed by atoms with Crippen LogP contribution in [0.3, 0.4) is 0 Å². The zero-order valence-corrected chi connectivity index (χ0v) is 25.5. The molecule has 0 saturated heterocycles. The van der Waals surface area contributed by atoms with E-state index < -0.39 is 0 Å². The molecule has 6 aromatic carbocycles. The van der Waals surface area contributed by atoms with Crippen LogP contribution in [0, 0.1) is 0 Å². The Hall–Kier alpha value is -5.08. The van der Waals surface area contributed by atoms with Gasteiger partial charge in [-0.15, -0.1) is 0 Å². The summed E-state index contributed by atoms with van der Waals surface area (Å²) in [5.41, 5.74) is 15.6. The Morgan fingerprint density at radius 1 is 0.477 bits per heavy atom. The number of para-hydroxylation sites is 2. The maximum atomic E-state index is 6.68. The largest absolute Gasteiger partial charge is 0.454 e. The molecule has 0 radical (unpaired) electrons. The third-order valence-corrected chi connectivity index (χ3v) is 10.2. The minimum absolute atomic E-state index is 0.104. The molecule has 2 heteroatoms. The lowest BCUT2D eigenvalue weighted by Gasteiger charge is -2.33. The molecule has 0 aliphatic heterocycles. The van der Waals surface area contributed by atoms with Gasteiger partial charge < -0.3 is 9.32 Å². The smallest absolute Gasteiger partial charge is 0.159 e. The summed E-state index contributed by atoms with van der Waals surface area (Å²) in [6.45, 7) is 9.44. The van der Waals surface area contributed by atoms with E-state index in [1.165, 1.54) is 50.2 Å². The lowest BCUT2D eigenvalue weighted by atomic mass is 9.81. The molecule has 0 amide bonds. The van der Waals surface area contributed by atoms with Gasteiger partial charge in [-0.2, -0.15) is 0 Å². The predicted octanol–water partition coefficient (Wildman–Crippen LogP) is 11.7. The van der Waals surface area contributed by atoms with Gasteiger partial charge in [0.25, 0.3) is 0 Å². The maximum Gasteiger partial charge on any atom is 0.159 e. The van der Waals surface area contributed by atoms with Crippen molar-refractivity contribution < 1.29 is 4.42 Å². The monoisotopic (exact) mass is 567 g/mol. The Morgan fingerprint density at radius 2 is 1.07 bits per heavy atom. The highest BCUT2D eigenvalue weighted by molar-refractivity contribution is 6.10. The number of furan rings is 1. The van der Waals surface area contributed by atoms with Crippen molar-refractivity contribution in [3.8, 4) is 22.3 Å². The topological polar surface area (TPSA) is 16.4 Å². The van der Waals surface area contributed by atoms with E-state index in [2.05, 4.69) is 154 Å². The lowest BCUT2D eigenvalue weighted by molar-refractivity contribution is 0.657. The molecular formula is C42H33NO. The van der Waals surface area contributed by atoms with Crippen molar-refractivity contribution in [2.24, 2.45) is 0 Å². The van der Waals surface area contributed by atoms with Crippen molar-refractivity contribution >= 4 is 39.0 Å². The van der Waals surface area contributed by atoms with Gasteiger partial charge in [-0.25, -0.2) is 0 Å². The molecule has 0 N–H and O–H groups in total. The Bertz CT molecular complexity index is 2300. The molecule has 9 rings (SSSR count). The predicted molar refractivity (Wildman–Crippen MR) is 184 cm³/mol. The number of anilines is 3. The Morgan fingerprint density at radius 3 is 1.89 bits per heavy atom. The van der Waals surface area contributed by atoms with Gasteiger partial charge in [0.1, 0.15) is 5.58 Å². The van der Waals surface area contributed by atoms with Gasteiger partial charge in [0.2, 0.25) is 0 Å². The molecule has 7 aromatic rings. The first kappa shape index (κ1) is 25.4. The zero-order chi connectivity index (χ0) is 29.8. The first-order valence-corrected chi connectivity index (χ1v) is 15.5. The SMILES string of the molecule is CC1(C)c2ccccc2-c2ccc(N(c3cccc4c3C(C)(C)c3ccccc3-4)c3cccc4c3oc3ccccc34)cc21. The third-order valence-electron chi connectivity index (χ3n) is 10.2. The van der Waals surface area contributed by atoms with Gasteiger partial charge in [-0.05, 0) is 74.8 Å². The molecule has 0 fully saturated rings. The van der Waals surface area contributed by atoms with E-state index in [9.17, 15) is 0 Å². The molecule has 0 unspecified atom stereocenters. The summed E-state index contributed by atoms with van der Waals surface area (Å²) in [6.07, 6.45) is 0. The second-order valence-corrected chi connectivity index (χ2v) is 13.4. The average Bonchev–Trinajstić information content (AvgIpc) is 3.62. The second-order valence-electron chi connectivity index (χ2n) is 13.4. The minimum Gasteiger partial charge on any atom is -0.454 e. The van der Waals surface area contributed by atoms with Crippen LogP contribution in [0.5, 0.6) is 0 Å². The number of nitrogens with zero attached hydrogens (tertiary/aromatic N) is 1. The molecule has 0 atom stereocenters. The maximum absolute atomic E-state index is 6.68. The van der Waals surface area contributed by atoms with Crippen LogP contribution < -0.4 is 4.90 Å². The first-order chi connectivity index (χ1) is 21.4. The van der Waals surface area contributed by atoms with Gasteiger partial charge in [-0.3, -0.25) is 0 Å². The van der Waals surface area contributed by atoms with Gasteiger partial charge in [-0.1, -0.05) is 125 Å². The lowest BCUT2D eigenvalue weighted by Crippen LogP contribution is -2.21. The summed E-state index contributed by atoms with van der Waals surface area (Å²) in [5, 5.41) is 2.27. The molecule has 212 valence electrons. The molecule has 0 bridgehead atoms. The Labute approximate surface area is 258 Å². The number of hydrogen-bond donors (Lipinski definition) is 0. The van der Waals surface area contributed by atoms with E-state index in [0.717, 1.165) is 33.3 Å². The Balaban J connectivity index is 1.36. The second kappa shape index (κ2) is 8.74. The number of hydrogen-bond acceptors (Lipinski definition) is 2. The van der Waals surface area contributed by atoms with Crippen LogP contribution in [0.25, 0.3) is 44.2 Å². The molecule has 2 aliphatic rings. The molecule has 2 aliphatic carbocycles. The van der Waals surface area contributed by atoms with E-state index >= 15 is 0 Å². The zero-order valence-electron chi connectivity index (χ0n) is 25.5. The highest BCUT2D eigenvalue weighted by atomic mass is 16.3. The van der Waals surface area contributed by atoms with Crippen LogP contribution in [0.15, 0.2) is 132 Å². The van der Waals surface area contributed by atoms with Crippen molar-refractivity contribution in [2.75, 3.05) is 4.90 Å². The standard InChI is InChI=1S/C42H33NO/c1-41(2)33-18-8-5-13-27(33)29-24-23-26(25-35(29)41)43(37-21-12-17-32-30-15-7-10-22-38(30)44-40(32)37)36-20-11-16-31-28-14-6-9-19-34(28)42(3,4)39(31)36/h5-25H,1-4H3. The molecule has 0 spiro atoms. The summed E-state index contributed by atoms with van der Waals surface area (Å²) in [6, 6.07) is 46.5. The fourth-order valence-electron chi connectivity index (χ4n) is 8.15. The highest BCUT2D eigenvalue weighted by Gasteiger charge is 2.40. The number of benzene rings is 6. The van der Waals surface area contributed by atoms with E-state index in [4.69, 9.17) is 4.42 Å². The van der Waals surface area contributed by atoms with Crippen molar-refractivity contribution in [3.05, 3.63) is 150 Å². The molecule has 2 nitrogen and oxygen atoms in total. The molecule has 1 aromatic heterocycles. The quantitative estimate of drug-likeness (QED) is 0.211. The van der Waals surface area contributed by atoms with Gasteiger partial charge in [0.15, 0.2) is 5.58 Å². The average molecular weight is 568 g/mol. The van der Waals surface area contributed by atoms with Crippen molar-refractivity contribution in [1.82, 2.24) is 0 Å².